The molecule has 100 valence electrons. The lowest BCUT2D eigenvalue weighted by molar-refractivity contribution is 0.244. The SMILES string of the molecule is NCC1CCCCC1NCCN1CCSCC1. The summed E-state index contributed by atoms with van der Waals surface area (Å²) in [4.78, 5) is 2.59. The Hall–Kier alpha value is 0.230. The average Bonchev–Trinajstić information content (AvgIpc) is 2.40. The monoisotopic (exact) mass is 257 g/mol. The van der Waals surface area contributed by atoms with Crippen LogP contribution in [-0.2, 0) is 0 Å². The van der Waals surface area contributed by atoms with Gasteiger partial charge in [0.1, 0.15) is 0 Å². The third-order valence-corrected chi connectivity index (χ3v) is 5.09. The fourth-order valence-corrected chi connectivity index (χ4v) is 3.97. The maximum Gasteiger partial charge on any atom is 0.0108 e. The van der Waals surface area contributed by atoms with Gasteiger partial charge in [-0.15, -0.1) is 0 Å². The second-order valence-electron chi connectivity index (χ2n) is 5.29. The number of thioether (sulfide) groups is 1. The number of nitrogens with one attached hydrogen (secondary N) is 1. The Balaban J connectivity index is 1.62. The molecule has 3 N–H and O–H groups in total. The summed E-state index contributed by atoms with van der Waals surface area (Å²) in [7, 11) is 0. The van der Waals surface area contributed by atoms with Crippen LogP contribution in [0.15, 0.2) is 0 Å². The Labute approximate surface area is 110 Å². The van der Waals surface area contributed by atoms with E-state index in [4.69, 9.17) is 5.73 Å². The molecule has 4 heteroatoms. The van der Waals surface area contributed by atoms with Crippen LogP contribution in [0.1, 0.15) is 25.7 Å². The number of rotatable bonds is 5. The van der Waals surface area contributed by atoms with Gasteiger partial charge in [-0.3, -0.25) is 0 Å². The highest BCUT2D eigenvalue weighted by molar-refractivity contribution is 7.99. The first-order valence-electron chi connectivity index (χ1n) is 7.13. The normalized spacial score (nSPS) is 31.6. The molecule has 0 aromatic carbocycles. The highest BCUT2D eigenvalue weighted by atomic mass is 32.2. The molecule has 17 heavy (non-hydrogen) atoms. The Morgan fingerprint density at radius 1 is 1.18 bits per heavy atom. The van der Waals surface area contributed by atoms with Crippen LogP contribution in [0.2, 0.25) is 0 Å². The Kier molecular flexibility index (Phi) is 6.12. The van der Waals surface area contributed by atoms with Crippen molar-refractivity contribution in [1.82, 2.24) is 10.2 Å². The van der Waals surface area contributed by atoms with Crippen molar-refractivity contribution in [2.75, 3.05) is 44.2 Å². The molecule has 1 aliphatic heterocycles. The van der Waals surface area contributed by atoms with E-state index in [0.29, 0.717) is 6.04 Å². The highest BCUT2D eigenvalue weighted by Crippen LogP contribution is 2.23. The van der Waals surface area contributed by atoms with E-state index in [1.807, 2.05) is 0 Å². The largest absolute Gasteiger partial charge is 0.330 e. The lowest BCUT2D eigenvalue weighted by Gasteiger charge is -2.33. The van der Waals surface area contributed by atoms with Crippen molar-refractivity contribution < 1.29 is 0 Å². The van der Waals surface area contributed by atoms with Gasteiger partial charge in [-0.25, -0.2) is 0 Å². The first-order chi connectivity index (χ1) is 8.40. The number of nitrogens with zero attached hydrogens (tertiary/aromatic N) is 1. The summed E-state index contributed by atoms with van der Waals surface area (Å²) in [6.45, 7) is 5.77. The summed E-state index contributed by atoms with van der Waals surface area (Å²) in [6, 6.07) is 0.688. The van der Waals surface area contributed by atoms with Crippen LogP contribution in [0.4, 0.5) is 0 Å². The molecule has 1 heterocycles. The predicted octanol–water partition coefficient (Wildman–Crippen LogP) is 1.14. The van der Waals surface area contributed by atoms with Gasteiger partial charge in [0.15, 0.2) is 0 Å². The molecular formula is C13H27N3S. The van der Waals surface area contributed by atoms with Crippen LogP contribution in [0.3, 0.4) is 0 Å². The first kappa shape index (κ1) is 13.7. The minimum atomic E-state index is 0.688. The molecule has 2 unspecified atom stereocenters. The van der Waals surface area contributed by atoms with Crippen LogP contribution in [0, 0.1) is 5.92 Å². The van der Waals surface area contributed by atoms with Crippen molar-refractivity contribution in [3.05, 3.63) is 0 Å². The van der Waals surface area contributed by atoms with Crippen molar-refractivity contribution in [3.8, 4) is 0 Å². The topological polar surface area (TPSA) is 41.3 Å². The summed E-state index contributed by atoms with van der Waals surface area (Å²) in [5, 5.41) is 3.74. The summed E-state index contributed by atoms with van der Waals surface area (Å²) < 4.78 is 0. The molecule has 2 atom stereocenters. The minimum absolute atomic E-state index is 0.688. The average molecular weight is 257 g/mol. The maximum atomic E-state index is 5.86. The van der Waals surface area contributed by atoms with Gasteiger partial charge in [0.05, 0.1) is 0 Å². The molecule has 0 aromatic heterocycles. The standard InChI is InChI=1S/C13H27N3S/c14-11-12-3-1-2-4-13(12)15-5-6-16-7-9-17-10-8-16/h12-13,15H,1-11,14H2. The fraction of sp³-hybridized carbons (Fsp3) is 1.00. The van der Waals surface area contributed by atoms with Crippen molar-refractivity contribution in [3.63, 3.8) is 0 Å². The van der Waals surface area contributed by atoms with E-state index in [0.717, 1.165) is 19.0 Å². The Morgan fingerprint density at radius 3 is 2.71 bits per heavy atom. The van der Waals surface area contributed by atoms with Crippen LogP contribution >= 0.6 is 11.8 Å². The fourth-order valence-electron chi connectivity index (χ4n) is 2.99. The molecule has 0 spiro atoms. The van der Waals surface area contributed by atoms with Gasteiger partial charge in [0.2, 0.25) is 0 Å². The van der Waals surface area contributed by atoms with Crippen LogP contribution in [-0.4, -0.2) is 55.2 Å². The number of nitrogens with two attached hydrogens (primary N) is 1. The van der Waals surface area contributed by atoms with E-state index in [1.54, 1.807) is 0 Å². The van der Waals surface area contributed by atoms with E-state index in [9.17, 15) is 0 Å². The molecular weight excluding hydrogens is 230 g/mol. The Morgan fingerprint density at radius 2 is 1.94 bits per heavy atom. The number of hydrogen-bond donors (Lipinski definition) is 2. The summed E-state index contributed by atoms with van der Waals surface area (Å²) in [6.07, 6.45) is 5.42. The smallest absolute Gasteiger partial charge is 0.0108 e. The van der Waals surface area contributed by atoms with Crippen LogP contribution in [0.5, 0.6) is 0 Å². The zero-order valence-electron chi connectivity index (χ0n) is 10.9. The third kappa shape index (κ3) is 4.43. The van der Waals surface area contributed by atoms with Gasteiger partial charge in [-0.05, 0) is 25.3 Å². The van der Waals surface area contributed by atoms with Crippen molar-refractivity contribution in [2.24, 2.45) is 11.7 Å². The third-order valence-electron chi connectivity index (χ3n) is 4.15. The van der Waals surface area contributed by atoms with Gasteiger partial charge in [-0.2, -0.15) is 11.8 Å². The van der Waals surface area contributed by atoms with Crippen molar-refractivity contribution in [2.45, 2.75) is 31.7 Å². The van der Waals surface area contributed by atoms with Gasteiger partial charge in [-0.1, -0.05) is 12.8 Å². The summed E-state index contributed by atoms with van der Waals surface area (Å²) in [5.41, 5.74) is 5.86. The van der Waals surface area contributed by atoms with Crippen molar-refractivity contribution in [1.29, 1.82) is 0 Å². The molecule has 0 aromatic rings. The van der Waals surface area contributed by atoms with Gasteiger partial charge in [0, 0.05) is 43.7 Å². The summed E-state index contributed by atoms with van der Waals surface area (Å²) in [5.74, 6) is 3.35. The molecule has 2 fully saturated rings. The van der Waals surface area contributed by atoms with E-state index < -0.39 is 0 Å². The second kappa shape index (κ2) is 7.62. The van der Waals surface area contributed by atoms with Crippen molar-refractivity contribution >= 4 is 11.8 Å². The number of hydrogen-bond acceptors (Lipinski definition) is 4. The van der Waals surface area contributed by atoms with Gasteiger partial charge in [0.25, 0.3) is 0 Å². The molecule has 2 rings (SSSR count). The van der Waals surface area contributed by atoms with E-state index >= 15 is 0 Å². The zero-order chi connectivity index (χ0) is 11.9. The highest BCUT2D eigenvalue weighted by Gasteiger charge is 2.23. The lowest BCUT2D eigenvalue weighted by atomic mass is 9.84. The lowest BCUT2D eigenvalue weighted by Crippen LogP contribution is -2.45. The first-order valence-corrected chi connectivity index (χ1v) is 8.29. The molecule has 1 saturated heterocycles. The van der Waals surface area contributed by atoms with E-state index in [2.05, 4.69) is 22.0 Å². The minimum Gasteiger partial charge on any atom is -0.330 e. The predicted molar refractivity (Wildman–Crippen MR) is 76.6 cm³/mol. The van der Waals surface area contributed by atoms with Gasteiger partial charge >= 0.3 is 0 Å². The molecule has 3 nitrogen and oxygen atoms in total. The molecule has 1 saturated carbocycles. The van der Waals surface area contributed by atoms with Crippen LogP contribution < -0.4 is 11.1 Å². The second-order valence-corrected chi connectivity index (χ2v) is 6.52. The zero-order valence-corrected chi connectivity index (χ0v) is 11.7. The van der Waals surface area contributed by atoms with E-state index in [1.165, 1.54) is 56.8 Å². The molecule has 0 radical (unpaired) electrons. The quantitative estimate of drug-likeness (QED) is 0.775. The molecule has 1 aliphatic carbocycles. The maximum absolute atomic E-state index is 5.86. The summed E-state index contributed by atoms with van der Waals surface area (Å²) >= 11 is 2.09. The van der Waals surface area contributed by atoms with Gasteiger partial charge < -0.3 is 16.0 Å². The van der Waals surface area contributed by atoms with E-state index in [-0.39, 0.29) is 0 Å². The molecule has 2 aliphatic rings. The Bertz CT molecular complexity index is 207. The molecule has 0 amide bonds. The molecule has 0 bridgehead atoms. The van der Waals surface area contributed by atoms with Crippen LogP contribution in [0.25, 0.3) is 0 Å².